The molecule has 0 aromatic carbocycles. The van der Waals surface area contributed by atoms with Crippen molar-refractivity contribution in [1.29, 1.82) is 0 Å². The quantitative estimate of drug-likeness (QED) is 0.798. The van der Waals surface area contributed by atoms with Gasteiger partial charge in [-0.3, -0.25) is 5.10 Å². The molecule has 5 nitrogen and oxygen atoms in total. The zero-order chi connectivity index (χ0) is 15.3. The topological polar surface area (TPSA) is 65.1 Å². The van der Waals surface area contributed by atoms with Crippen LogP contribution in [0.15, 0.2) is 23.8 Å². The Morgan fingerprint density at radius 1 is 1.41 bits per heavy atom. The van der Waals surface area contributed by atoms with Gasteiger partial charge in [-0.1, -0.05) is 13.5 Å². The van der Waals surface area contributed by atoms with Crippen LogP contribution in [0.25, 0.3) is 16.1 Å². The van der Waals surface area contributed by atoms with Gasteiger partial charge in [0.15, 0.2) is 0 Å². The monoisotopic (exact) mass is 313 g/mol. The Balaban J connectivity index is 1.71. The summed E-state index contributed by atoms with van der Waals surface area (Å²) in [6.45, 7) is 9.53. The highest BCUT2D eigenvalue weighted by Crippen LogP contribution is 2.41. The van der Waals surface area contributed by atoms with Crippen LogP contribution >= 0.6 is 11.3 Å². The molecular formula is C16H19N5S. The van der Waals surface area contributed by atoms with Crippen molar-refractivity contribution in [3.8, 4) is 10.4 Å². The van der Waals surface area contributed by atoms with Crippen molar-refractivity contribution in [3.05, 3.63) is 29.4 Å². The van der Waals surface area contributed by atoms with E-state index in [0.29, 0.717) is 12.0 Å². The normalized spacial score (nSPS) is 24.1. The molecule has 3 N–H and O–H groups in total. The number of hydrogen-bond acceptors (Lipinski definition) is 5. The first-order valence-electron chi connectivity index (χ1n) is 7.54. The van der Waals surface area contributed by atoms with E-state index in [0.717, 1.165) is 46.3 Å². The molecule has 0 radical (unpaired) electrons. The Morgan fingerprint density at radius 3 is 2.95 bits per heavy atom. The summed E-state index contributed by atoms with van der Waals surface area (Å²) >= 11 is 1.71. The molecule has 0 aliphatic carbocycles. The summed E-state index contributed by atoms with van der Waals surface area (Å²) in [6, 6.07) is 2.45. The molecule has 1 fully saturated rings. The van der Waals surface area contributed by atoms with Gasteiger partial charge in [-0.15, -0.1) is 11.3 Å². The Kier molecular flexibility index (Phi) is 3.16. The van der Waals surface area contributed by atoms with Crippen LogP contribution in [0, 0.1) is 12.8 Å². The maximum Gasteiger partial charge on any atom is 0.124 e. The van der Waals surface area contributed by atoms with Crippen LogP contribution in [0.1, 0.15) is 23.9 Å². The fourth-order valence-electron chi connectivity index (χ4n) is 3.07. The third kappa shape index (κ3) is 2.19. The number of aliphatic imine (C=N–C) groups is 1. The smallest absolute Gasteiger partial charge is 0.124 e. The van der Waals surface area contributed by atoms with Gasteiger partial charge in [0.25, 0.3) is 0 Å². The number of aromatic nitrogens is 2. The maximum absolute atomic E-state index is 4.83. The van der Waals surface area contributed by atoms with Crippen molar-refractivity contribution < 1.29 is 0 Å². The number of aromatic amines is 1. The van der Waals surface area contributed by atoms with Crippen molar-refractivity contribution in [2.75, 3.05) is 6.54 Å². The molecule has 4 heterocycles. The number of aryl methyl sites for hydroxylation is 1. The molecule has 0 bridgehead atoms. The molecule has 1 saturated heterocycles. The van der Waals surface area contributed by atoms with Crippen LogP contribution in [0.4, 0.5) is 5.69 Å². The summed E-state index contributed by atoms with van der Waals surface area (Å²) in [5, 5.41) is 14.0. The third-order valence-electron chi connectivity index (χ3n) is 4.28. The zero-order valence-corrected chi connectivity index (χ0v) is 13.5. The Hall–Kier alpha value is -1.92. The first-order chi connectivity index (χ1) is 10.6. The van der Waals surface area contributed by atoms with Gasteiger partial charge >= 0.3 is 0 Å². The summed E-state index contributed by atoms with van der Waals surface area (Å²) < 4.78 is 0. The minimum absolute atomic E-state index is 0.305. The van der Waals surface area contributed by atoms with Crippen molar-refractivity contribution in [1.82, 2.24) is 20.8 Å². The second-order valence-corrected chi connectivity index (χ2v) is 7.19. The predicted molar refractivity (Wildman–Crippen MR) is 91.5 cm³/mol. The van der Waals surface area contributed by atoms with Crippen molar-refractivity contribution in [2.45, 2.75) is 26.3 Å². The predicted octanol–water partition coefficient (Wildman–Crippen LogP) is 3.05. The molecule has 2 aromatic heterocycles. The number of hydrogen-bond donors (Lipinski definition) is 3. The van der Waals surface area contributed by atoms with E-state index >= 15 is 0 Å². The standard InChI is InChI=1S/C16H19N5S/c1-8-4-13(17-6-8)16-19-10(3)15-12(20-16)5-14(22-15)11-7-18-21-9(11)2/h5,7-8,13,17H,3-4,6H2,1-2H3,(H,18,21)(H,19,20)/t8-,13-/m0/s1. The highest BCUT2D eigenvalue weighted by molar-refractivity contribution is 7.17. The third-order valence-corrected chi connectivity index (χ3v) is 5.50. The number of amidine groups is 1. The van der Waals surface area contributed by atoms with Crippen LogP contribution in [-0.2, 0) is 0 Å². The van der Waals surface area contributed by atoms with E-state index in [-0.39, 0.29) is 0 Å². The molecule has 0 amide bonds. The molecule has 2 aliphatic rings. The minimum atomic E-state index is 0.305. The average molecular weight is 313 g/mol. The number of rotatable bonds is 2. The second kappa shape index (κ2) is 5.07. The molecule has 4 rings (SSSR count). The fourth-order valence-corrected chi connectivity index (χ4v) is 4.16. The Labute approximate surface area is 133 Å². The molecule has 114 valence electrons. The molecule has 2 aliphatic heterocycles. The lowest BCUT2D eigenvalue weighted by Gasteiger charge is -2.21. The minimum Gasteiger partial charge on any atom is -0.342 e. The van der Waals surface area contributed by atoms with E-state index in [2.05, 4.69) is 40.4 Å². The highest BCUT2D eigenvalue weighted by atomic mass is 32.1. The molecule has 2 atom stereocenters. The number of H-pyrrole nitrogens is 1. The molecule has 22 heavy (non-hydrogen) atoms. The number of fused-ring (bicyclic) bond motifs is 1. The average Bonchev–Trinajstić information content (AvgIpc) is 3.17. The van der Waals surface area contributed by atoms with Crippen LogP contribution in [0.5, 0.6) is 0 Å². The van der Waals surface area contributed by atoms with E-state index in [4.69, 9.17) is 4.99 Å². The molecular weight excluding hydrogens is 294 g/mol. The number of nitrogens with zero attached hydrogens (tertiary/aromatic N) is 2. The lowest BCUT2D eigenvalue weighted by atomic mass is 10.1. The first-order valence-corrected chi connectivity index (χ1v) is 8.36. The van der Waals surface area contributed by atoms with E-state index in [9.17, 15) is 0 Å². The molecule has 0 saturated carbocycles. The summed E-state index contributed by atoms with van der Waals surface area (Å²) in [7, 11) is 0. The molecule has 6 heteroatoms. The van der Waals surface area contributed by atoms with E-state index in [1.807, 2.05) is 13.1 Å². The van der Waals surface area contributed by atoms with Gasteiger partial charge in [-0.2, -0.15) is 5.10 Å². The molecule has 2 aromatic rings. The zero-order valence-electron chi connectivity index (χ0n) is 12.7. The van der Waals surface area contributed by atoms with Crippen LogP contribution in [0.3, 0.4) is 0 Å². The number of nitrogens with one attached hydrogen (secondary N) is 3. The van der Waals surface area contributed by atoms with Crippen molar-refractivity contribution in [2.24, 2.45) is 10.9 Å². The van der Waals surface area contributed by atoms with Gasteiger partial charge in [0, 0.05) is 16.1 Å². The van der Waals surface area contributed by atoms with Crippen LogP contribution in [-0.4, -0.2) is 28.6 Å². The van der Waals surface area contributed by atoms with Gasteiger partial charge < -0.3 is 10.6 Å². The Bertz CT molecular complexity index is 769. The SMILES string of the molecule is C=C1NC([C@@H]2C[C@H](C)CN2)=Nc2cc(-c3cn[nH]c3C)sc21. The summed E-state index contributed by atoms with van der Waals surface area (Å²) in [5.74, 6) is 1.69. The second-order valence-electron chi connectivity index (χ2n) is 6.14. The summed E-state index contributed by atoms with van der Waals surface area (Å²) in [6.07, 6.45) is 2.99. The van der Waals surface area contributed by atoms with Crippen molar-refractivity contribution in [3.63, 3.8) is 0 Å². The summed E-state index contributed by atoms with van der Waals surface area (Å²) in [4.78, 5) is 7.13. The van der Waals surface area contributed by atoms with Gasteiger partial charge in [-0.05, 0) is 31.9 Å². The van der Waals surface area contributed by atoms with Crippen LogP contribution in [0.2, 0.25) is 0 Å². The molecule has 0 spiro atoms. The number of thiophene rings is 1. The lowest BCUT2D eigenvalue weighted by molar-refractivity contribution is 0.644. The van der Waals surface area contributed by atoms with Gasteiger partial charge in [0.2, 0.25) is 0 Å². The highest BCUT2D eigenvalue weighted by Gasteiger charge is 2.29. The maximum atomic E-state index is 4.83. The molecule has 0 unspecified atom stereocenters. The first kappa shape index (κ1) is 13.7. The van der Waals surface area contributed by atoms with E-state index < -0.39 is 0 Å². The summed E-state index contributed by atoms with van der Waals surface area (Å²) in [5.41, 5.74) is 4.17. The van der Waals surface area contributed by atoms with Crippen LogP contribution < -0.4 is 10.6 Å². The largest absolute Gasteiger partial charge is 0.342 e. The Morgan fingerprint density at radius 2 is 2.27 bits per heavy atom. The van der Waals surface area contributed by atoms with Gasteiger partial charge in [0.1, 0.15) is 5.84 Å². The lowest BCUT2D eigenvalue weighted by Crippen LogP contribution is -2.40. The van der Waals surface area contributed by atoms with Crippen molar-refractivity contribution >= 4 is 28.6 Å². The van der Waals surface area contributed by atoms with E-state index in [1.54, 1.807) is 11.3 Å². The van der Waals surface area contributed by atoms with E-state index in [1.165, 1.54) is 4.88 Å². The van der Waals surface area contributed by atoms with Gasteiger partial charge in [0.05, 0.1) is 28.5 Å². The fraction of sp³-hybridized carbons (Fsp3) is 0.375. The van der Waals surface area contributed by atoms with Gasteiger partial charge in [-0.25, -0.2) is 4.99 Å².